The Morgan fingerprint density at radius 1 is 0.571 bits per heavy atom. The quantitative estimate of drug-likeness (QED) is 0.546. The topological polar surface area (TPSA) is 0 Å². The fourth-order valence-corrected chi connectivity index (χ4v) is 6.75. The third-order valence-electron chi connectivity index (χ3n) is 3.61. The van der Waals surface area contributed by atoms with Crippen LogP contribution in [0.5, 0.6) is 0 Å². The number of benzene rings is 2. The molecular formula is C20H27I. The van der Waals surface area contributed by atoms with E-state index in [9.17, 15) is 0 Å². The van der Waals surface area contributed by atoms with Crippen molar-refractivity contribution in [2.24, 2.45) is 0 Å². The van der Waals surface area contributed by atoms with Gasteiger partial charge in [0, 0.05) is 0 Å². The van der Waals surface area contributed by atoms with Gasteiger partial charge in [0.25, 0.3) is 0 Å². The van der Waals surface area contributed by atoms with Crippen LogP contribution in [0.25, 0.3) is 0 Å². The van der Waals surface area contributed by atoms with Gasteiger partial charge in [-0.15, -0.1) is 0 Å². The second-order valence-corrected chi connectivity index (χ2v) is 10.7. The number of rotatable bonds is 2. The van der Waals surface area contributed by atoms with Crippen LogP contribution in [0, 0.1) is 7.14 Å². The van der Waals surface area contributed by atoms with Crippen LogP contribution in [0.4, 0.5) is 0 Å². The van der Waals surface area contributed by atoms with E-state index in [0.717, 1.165) is 0 Å². The summed E-state index contributed by atoms with van der Waals surface area (Å²) in [5, 5.41) is 0. The molecule has 0 radical (unpaired) electrons. The third kappa shape index (κ3) is 4.09. The standard InChI is InChI=1S/C20H27I/c1-19(2,3)15-11-7-9-13-17(15)21-18-14-10-8-12-16(18)20(4,5)6/h7-14,21H,1-6H3. The summed E-state index contributed by atoms with van der Waals surface area (Å²) in [4.78, 5) is 0. The monoisotopic (exact) mass is 394 g/mol. The molecule has 2 rings (SSSR count). The van der Waals surface area contributed by atoms with Gasteiger partial charge < -0.3 is 0 Å². The van der Waals surface area contributed by atoms with Gasteiger partial charge in [-0.1, -0.05) is 0 Å². The first-order chi connectivity index (χ1) is 9.69. The van der Waals surface area contributed by atoms with Crippen LogP contribution in [0.3, 0.4) is 0 Å². The molecule has 0 N–H and O–H groups in total. The van der Waals surface area contributed by atoms with Gasteiger partial charge in [0.15, 0.2) is 0 Å². The molecule has 0 aliphatic rings. The van der Waals surface area contributed by atoms with E-state index in [1.54, 1.807) is 7.14 Å². The van der Waals surface area contributed by atoms with E-state index in [1.807, 2.05) is 0 Å². The fourth-order valence-electron chi connectivity index (χ4n) is 2.47. The number of halogens is 1. The SMILES string of the molecule is CC(C)(C)c1ccccc1[IH]c1ccccc1C(C)(C)C. The Hall–Kier alpha value is -0.830. The molecule has 0 atom stereocenters. The van der Waals surface area contributed by atoms with Crippen molar-refractivity contribution in [3.05, 3.63) is 66.8 Å². The van der Waals surface area contributed by atoms with E-state index in [2.05, 4.69) is 90.1 Å². The molecule has 0 aliphatic heterocycles. The molecule has 2 aromatic rings. The average Bonchev–Trinajstić information content (AvgIpc) is 2.37. The molecule has 0 saturated carbocycles. The molecule has 114 valence electrons. The normalized spacial score (nSPS) is 12.7. The van der Waals surface area contributed by atoms with E-state index in [4.69, 9.17) is 0 Å². The first kappa shape index (κ1) is 16.5. The minimum atomic E-state index is -0.358. The maximum absolute atomic E-state index is 2.34. The van der Waals surface area contributed by atoms with Gasteiger partial charge in [-0.3, -0.25) is 0 Å². The van der Waals surface area contributed by atoms with Crippen molar-refractivity contribution < 1.29 is 0 Å². The molecule has 1 heteroatoms. The van der Waals surface area contributed by atoms with Gasteiger partial charge in [-0.05, 0) is 0 Å². The molecule has 0 heterocycles. The maximum atomic E-state index is 2.34. The van der Waals surface area contributed by atoms with Crippen LogP contribution in [0.15, 0.2) is 48.5 Å². The Labute approximate surface area is 140 Å². The number of hydrogen-bond acceptors (Lipinski definition) is 0. The summed E-state index contributed by atoms with van der Waals surface area (Å²) in [5.41, 5.74) is 3.46. The zero-order valence-electron chi connectivity index (χ0n) is 14.0. The average molecular weight is 394 g/mol. The molecule has 2 aromatic carbocycles. The first-order valence-corrected chi connectivity index (χ1v) is 9.89. The van der Waals surface area contributed by atoms with Crippen molar-refractivity contribution in [3.8, 4) is 0 Å². The van der Waals surface area contributed by atoms with E-state index in [1.165, 1.54) is 11.1 Å². The van der Waals surface area contributed by atoms with Crippen molar-refractivity contribution in [2.45, 2.75) is 52.4 Å². The Balaban J connectivity index is 2.45. The molecule has 21 heavy (non-hydrogen) atoms. The van der Waals surface area contributed by atoms with Crippen molar-refractivity contribution in [1.29, 1.82) is 0 Å². The molecule has 0 unspecified atom stereocenters. The van der Waals surface area contributed by atoms with E-state index in [-0.39, 0.29) is 32.0 Å². The molecule has 0 nitrogen and oxygen atoms in total. The van der Waals surface area contributed by atoms with Gasteiger partial charge in [0.2, 0.25) is 0 Å². The Morgan fingerprint density at radius 2 is 0.905 bits per heavy atom. The van der Waals surface area contributed by atoms with Crippen molar-refractivity contribution in [1.82, 2.24) is 0 Å². The molecule has 0 saturated heterocycles. The van der Waals surface area contributed by atoms with Gasteiger partial charge in [-0.2, -0.15) is 0 Å². The minimum absolute atomic E-state index is 0.220. The van der Waals surface area contributed by atoms with Gasteiger partial charge in [0.05, 0.1) is 0 Å². The molecule has 0 amide bonds. The van der Waals surface area contributed by atoms with Crippen LogP contribution in [0.1, 0.15) is 52.7 Å². The zero-order chi connectivity index (χ0) is 15.7. The summed E-state index contributed by atoms with van der Waals surface area (Å²) in [7, 11) is 0. The van der Waals surface area contributed by atoms with Crippen molar-refractivity contribution in [3.63, 3.8) is 0 Å². The first-order valence-electron chi connectivity index (χ1n) is 7.56. The third-order valence-corrected chi connectivity index (χ3v) is 6.90. The molecule has 0 aliphatic carbocycles. The fraction of sp³-hybridized carbons (Fsp3) is 0.400. The molecule has 0 fully saturated rings. The van der Waals surface area contributed by atoms with E-state index in [0.29, 0.717) is 0 Å². The summed E-state index contributed by atoms with van der Waals surface area (Å²) in [6, 6.07) is 18.0. The predicted octanol–water partition coefficient (Wildman–Crippen LogP) is 6.02. The predicted molar refractivity (Wildman–Crippen MR) is 103 cm³/mol. The van der Waals surface area contributed by atoms with Crippen molar-refractivity contribution >= 4 is 21.2 Å². The summed E-state index contributed by atoms with van der Waals surface area (Å²) in [5.74, 6) is 0. The molecular weight excluding hydrogens is 367 g/mol. The molecule has 0 spiro atoms. The van der Waals surface area contributed by atoms with Gasteiger partial charge in [-0.25, -0.2) is 0 Å². The summed E-state index contributed by atoms with van der Waals surface area (Å²) in [6.45, 7) is 13.9. The molecule has 0 bridgehead atoms. The summed E-state index contributed by atoms with van der Waals surface area (Å²) < 4.78 is 3.15. The van der Waals surface area contributed by atoms with Crippen LogP contribution in [-0.2, 0) is 10.8 Å². The Kier molecular flexibility index (Phi) is 4.82. The van der Waals surface area contributed by atoms with Crippen LogP contribution >= 0.6 is 21.2 Å². The van der Waals surface area contributed by atoms with Crippen LogP contribution in [-0.4, -0.2) is 0 Å². The van der Waals surface area contributed by atoms with Crippen LogP contribution in [0.2, 0.25) is 0 Å². The van der Waals surface area contributed by atoms with Gasteiger partial charge >= 0.3 is 140 Å². The van der Waals surface area contributed by atoms with Gasteiger partial charge in [0.1, 0.15) is 0 Å². The summed E-state index contributed by atoms with van der Waals surface area (Å²) in [6.07, 6.45) is 0. The van der Waals surface area contributed by atoms with Crippen LogP contribution < -0.4 is 0 Å². The Bertz CT molecular complexity index is 557. The Morgan fingerprint density at radius 3 is 1.24 bits per heavy atom. The van der Waals surface area contributed by atoms with E-state index >= 15 is 0 Å². The number of hydrogen-bond donors (Lipinski definition) is 0. The molecule has 0 aromatic heterocycles. The van der Waals surface area contributed by atoms with E-state index < -0.39 is 0 Å². The van der Waals surface area contributed by atoms with Crippen molar-refractivity contribution in [2.75, 3.05) is 0 Å². The second kappa shape index (κ2) is 6.12. The zero-order valence-corrected chi connectivity index (χ0v) is 16.4. The summed E-state index contributed by atoms with van der Waals surface area (Å²) >= 11 is -0.358. The second-order valence-electron chi connectivity index (χ2n) is 7.59.